The number of amides is 1. The summed E-state index contributed by atoms with van der Waals surface area (Å²) in [6.45, 7) is 1.21. The first-order valence-electron chi connectivity index (χ1n) is 4.85. The predicted molar refractivity (Wildman–Crippen MR) is 55.7 cm³/mol. The molecular formula is C11H12N2O2. The molecule has 1 heterocycles. The van der Waals surface area contributed by atoms with Crippen LogP contribution in [-0.4, -0.2) is 28.3 Å². The molecule has 15 heavy (non-hydrogen) atoms. The number of likely N-dealkylation sites (tertiary alicyclic amines) is 1. The molecule has 1 saturated heterocycles. The molecular weight excluding hydrogens is 192 g/mol. The SMILES string of the molecule is O=C1/C(=N\O)CCN1Cc1ccccc1. The van der Waals surface area contributed by atoms with E-state index in [1.54, 1.807) is 4.90 Å². The Bertz CT molecular complexity index is 387. The van der Waals surface area contributed by atoms with E-state index in [2.05, 4.69) is 5.16 Å². The zero-order valence-corrected chi connectivity index (χ0v) is 8.26. The van der Waals surface area contributed by atoms with Crippen molar-refractivity contribution in [2.75, 3.05) is 6.54 Å². The lowest BCUT2D eigenvalue weighted by molar-refractivity contribution is -0.123. The quantitative estimate of drug-likeness (QED) is 0.582. The monoisotopic (exact) mass is 204 g/mol. The maximum absolute atomic E-state index is 11.6. The molecule has 0 spiro atoms. The molecule has 0 radical (unpaired) electrons. The summed E-state index contributed by atoms with van der Waals surface area (Å²) in [7, 11) is 0. The van der Waals surface area contributed by atoms with Gasteiger partial charge in [0.05, 0.1) is 0 Å². The van der Waals surface area contributed by atoms with Crippen LogP contribution >= 0.6 is 0 Å². The summed E-state index contributed by atoms with van der Waals surface area (Å²) in [5.41, 5.74) is 1.34. The van der Waals surface area contributed by atoms with Crippen molar-refractivity contribution in [1.82, 2.24) is 4.90 Å². The van der Waals surface area contributed by atoms with Gasteiger partial charge in [0.25, 0.3) is 5.91 Å². The summed E-state index contributed by atoms with van der Waals surface area (Å²) in [4.78, 5) is 13.3. The van der Waals surface area contributed by atoms with E-state index in [-0.39, 0.29) is 11.6 Å². The van der Waals surface area contributed by atoms with Gasteiger partial charge in [0.1, 0.15) is 5.71 Å². The predicted octanol–water partition coefficient (Wildman–Crippen LogP) is 1.25. The highest BCUT2D eigenvalue weighted by molar-refractivity contribution is 6.40. The van der Waals surface area contributed by atoms with Gasteiger partial charge in [0.2, 0.25) is 0 Å². The Morgan fingerprint density at radius 3 is 2.67 bits per heavy atom. The Balaban J connectivity index is 2.06. The van der Waals surface area contributed by atoms with E-state index in [1.165, 1.54) is 0 Å². The fourth-order valence-corrected chi connectivity index (χ4v) is 1.68. The Hall–Kier alpha value is -1.84. The minimum absolute atomic E-state index is 0.165. The molecule has 1 N–H and O–H groups in total. The molecule has 4 nitrogen and oxygen atoms in total. The molecule has 1 amide bonds. The van der Waals surface area contributed by atoms with Crippen LogP contribution < -0.4 is 0 Å². The van der Waals surface area contributed by atoms with Gasteiger partial charge in [-0.05, 0) is 5.56 Å². The van der Waals surface area contributed by atoms with Gasteiger partial charge in [-0.3, -0.25) is 4.79 Å². The van der Waals surface area contributed by atoms with Gasteiger partial charge in [-0.1, -0.05) is 35.5 Å². The summed E-state index contributed by atoms with van der Waals surface area (Å²) in [6, 6.07) is 9.77. The van der Waals surface area contributed by atoms with Gasteiger partial charge in [0, 0.05) is 19.5 Å². The van der Waals surface area contributed by atoms with Crippen LogP contribution in [0.3, 0.4) is 0 Å². The van der Waals surface area contributed by atoms with E-state index in [1.807, 2.05) is 30.3 Å². The number of benzene rings is 1. The molecule has 0 bridgehead atoms. The van der Waals surface area contributed by atoms with Crippen molar-refractivity contribution in [3.63, 3.8) is 0 Å². The largest absolute Gasteiger partial charge is 0.410 e. The molecule has 0 atom stereocenters. The number of oxime groups is 1. The van der Waals surface area contributed by atoms with Gasteiger partial charge < -0.3 is 10.1 Å². The van der Waals surface area contributed by atoms with E-state index in [0.717, 1.165) is 5.56 Å². The Labute approximate surface area is 87.8 Å². The second-order valence-electron chi connectivity index (χ2n) is 3.51. The molecule has 1 aliphatic heterocycles. The molecule has 78 valence electrons. The second-order valence-corrected chi connectivity index (χ2v) is 3.51. The highest BCUT2D eigenvalue weighted by atomic mass is 16.4. The Morgan fingerprint density at radius 2 is 2.07 bits per heavy atom. The van der Waals surface area contributed by atoms with Gasteiger partial charge in [0.15, 0.2) is 0 Å². The van der Waals surface area contributed by atoms with Gasteiger partial charge in [-0.15, -0.1) is 0 Å². The number of carbonyl (C=O) groups is 1. The molecule has 0 aromatic heterocycles. The van der Waals surface area contributed by atoms with Crippen LogP contribution in [0.5, 0.6) is 0 Å². The van der Waals surface area contributed by atoms with Crippen LogP contribution in [-0.2, 0) is 11.3 Å². The van der Waals surface area contributed by atoms with Crippen LogP contribution in [0.1, 0.15) is 12.0 Å². The number of nitrogens with zero attached hydrogens (tertiary/aromatic N) is 2. The van der Waals surface area contributed by atoms with E-state index in [0.29, 0.717) is 19.5 Å². The van der Waals surface area contributed by atoms with Crippen molar-refractivity contribution in [3.05, 3.63) is 35.9 Å². The average Bonchev–Trinajstić information content (AvgIpc) is 2.62. The molecule has 0 saturated carbocycles. The summed E-state index contributed by atoms with van der Waals surface area (Å²) in [5, 5.41) is 11.5. The number of rotatable bonds is 2. The van der Waals surface area contributed by atoms with E-state index in [4.69, 9.17) is 5.21 Å². The standard InChI is InChI=1S/C11H12N2O2/c14-11-10(12-15)6-7-13(11)8-9-4-2-1-3-5-9/h1-5,15H,6-8H2/b12-10-. The first-order valence-corrected chi connectivity index (χ1v) is 4.85. The minimum Gasteiger partial charge on any atom is -0.410 e. The van der Waals surface area contributed by atoms with Crippen LogP contribution in [0.15, 0.2) is 35.5 Å². The van der Waals surface area contributed by atoms with Crippen LogP contribution in [0.2, 0.25) is 0 Å². The summed E-state index contributed by atoms with van der Waals surface area (Å²) < 4.78 is 0. The number of hydrogen-bond acceptors (Lipinski definition) is 3. The first-order chi connectivity index (χ1) is 7.31. The average molecular weight is 204 g/mol. The lowest BCUT2D eigenvalue weighted by Crippen LogP contribution is -2.26. The third-order valence-electron chi connectivity index (χ3n) is 2.49. The van der Waals surface area contributed by atoms with Crippen LogP contribution in [0, 0.1) is 0 Å². The third kappa shape index (κ3) is 1.98. The fraction of sp³-hybridized carbons (Fsp3) is 0.273. The Morgan fingerprint density at radius 1 is 1.33 bits per heavy atom. The van der Waals surface area contributed by atoms with Crippen molar-refractivity contribution in [2.24, 2.45) is 5.16 Å². The third-order valence-corrected chi connectivity index (χ3v) is 2.49. The lowest BCUT2D eigenvalue weighted by atomic mass is 10.2. The zero-order valence-electron chi connectivity index (χ0n) is 8.26. The van der Waals surface area contributed by atoms with E-state index >= 15 is 0 Å². The number of carbonyl (C=O) groups excluding carboxylic acids is 1. The lowest BCUT2D eigenvalue weighted by Gasteiger charge is -2.14. The molecule has 1 aromatic rings. The van der Waals surface area contributed by atoms with Crippen molar-refractivity contribution in [2.45, 2.75) is 13.0 Å². The molecule has 1 aliphatic rings. The zero-order chi connectivity index (χ0) is 10.7. The van der Waals surface area contributed by atoms with Crippen molar-refractivity contribution in [3.8, 4) is 0 Å². The molecule has 2 rings (SSSR count). The second kappa shape index (κ2) is 4.13. The maximum Gasteiger partial charge on any atom is 0.272 e. The topological polar surface area (TPSA) is 52.9 Å². The van der Waals surface area contributed by atoms with E-state index < -0.39 is 0 Å². The highest BCUT2D eigenvalue weighted by Crippen LogP contribution is 2.12. The Kier molecular flexibility index (Phi) is 2.67. The van der Waals surface area contributed by atoms with Crippen molar-refractivity contribution in [1.29, 1.82) is 0 Å². The van der Waals surface area contributed by atoms with Crippen LogP contribution in [0.25, 0.3) is 0 Å². The van der Waals surface area contributed by atoms with Gasteiger partial charge >= 0.3 is 0 Å². The fourth-order valence-electron chi connectivity index (χ4n) is 1.68. The summed E-state index contributed by atoms with van der Waals surface area (Å²) >= 11 is 0. The highest BCUT2D eigenvalue weighted by Gasteiger charge is 2.27. The summed E-state index contributed by atoms with van der Waals surface area (Å²) in [6.07, 6.45) is 0.530. The van der Waals surface area contributed by atoms with Crippen LogP contribution in [0.4, 0.5) is 0 Å². The molecule has 1 aromatic carbocycles. The van der Waals surface area contributed by atoms with Gasteiger partial charge in [-0.2, -0.15) is 0 Å². The smallest absolute Gasteiger partial charge is 0.272 e. The maximum atomic E-state index is 11.6. The molecule has 0 unspecified atom stereocenters. The molecule has 1 fully saturated rings. The van der Waals surface area contributed by atoms with E-state index in [9.17, 15) is 4.79 Å². The molecule has 0 aliphatic carbocycles. The normalized spacial score (nSPS) is 18.8. The first kappa shape index (κ1) is 9.71. The summed E-state index contributed by atoms with van der Waals surface area (Å²) in [5.74, 6) is -0.165. The van der Waals surface area contributed by atoms with Crippen molar-refractivity contribution < 1.29 is 10.0 Å². The van der Waals surface area contributed by atoms with Crippen molar-refractivity contribution >= 4 is 11.6 Å². The number of hydrogen-bond donors (Lipinski definition) is 1. The minimum atomic E-state index is -0.165. The van der Waals surface area contributed by atoms with Gasteiger partial charge in [-0.25, -0.2) is 0 Å². The molecule has 4 heteroatoms.